The largest absolute Gasteiger partial charge is 0.177 e. The number of fused-ring (bicyclic) bond motifs is 1. The molecule has 0 aromatic carbocycles. The van der Waals surface area contributed by atoms with Crippen molar-refractivity contribution >= 4 is 0 Å². The summed E-state index contributed by atoms with van der Waals surface area (Å²) >= 11 is 0. The molecular weight excluding hydrogens is 80.0 g/mol. The van der Waals surface area contributed by atoms with E-state index in [2.05, 4.69) is 10.3 Å². The highest BCUT2D eigenvalue weighted by atomic mass is 15.9. The van der Waals surface area contributed by atoms with Gasteiger partial charge in [-0.1, -0.05) is 4.74 Å². The van der Waals surface area contributed by atoms with Gasteiger partial charge in [0.2, 0.25) is 0 Å². The number of nitrogens with one attached hydrogen (secondary N) is 1. The Morgan fingerprint density at radius 2 is 2.67 bits per heavy atom. The van der Waals surface area contributed by atoms with E-state index in [9.17, 15) is 0 Å². The molecule has 0 unspecified atom stereocenters. The van der Waals surface area contributed by atoms with Crippen LogP contribution in [0.4, 0.5) is 0 Å². The Kier molecular flexibility index (Phi) is 0.144. The van der Waals surface area contributed by atoms with Gasteiger partial charge in [0.1, 0.15) is 0 Å². The van der Waals surface area contributed by atoms with E-state index >= 15 is 0 Å². The fourth-order valence-corrected chi connectivity index (χ4v) is 0.483. The summed E-state index contributed by atoms with van der Waals surface area (Å²) in [5.74, 6) is 1.04. The molecule has 1 N–H and O–H groups in total. The molecule has 2 aromatic heterocycles. The first-order valence-corrected chi connectivity index (χ1v) is 1.79. The van der Waals surface area contributed by atoms with Crippen LogP contribution >= 0.6 is 0 Å². The molecule has 6 heavy (non-hydrogen) atoms. The van der Waals surface area contributed by atoms with Gasteiger partial charge in [0.05, 0.1) is 0 Å². The fraction of sp³-hybridized carbons (Fsp3) is 0.500. The topological polar surface area (TPSA) is 37.5 Å². The Labute approximate surface area is 33.6 Å². The molecule has 0 bridgehead atoms. The van der Waals surface area contributed by atoms with Crippen LogP contribution in [0.3, 0.4) is 0 Å². The van der Waals surface area contributed by atoms with Crippen LogP contribution in [0.2, 0.25) is 0 Å². The van der Waals surface area contributed by atoms with Crippen molar-refractivity contribution in [3.05, 3.63) is 5.82 Å². The normalized spacial score (nSPS) is 12.2. The smallest absolute Gasteiger partial charge is 0.173 e. The predicted octanol–water partition coefficient (Wildman–Crippen LogP) is -0.492. The second kappa shape index (κ2) is 0.378. The zero-order valence-corrected chi connectivity index (χ0v) is 3.34. The monoisotopic (exact) mass is 84.0 g/mol. The predicted molar refractivity (Wildman–Crippen MR) is 18.9 cm³/mol. The minimum absolute atomic E-state index is 1.04. The Morgan fingerprint density at radius 3 is 2.67 bits per heavy atom. The zero-order valence-electron chi connectivity index (χ0n) is 3.34. The Balaban J connectivity index is 2.91. The van der Waals surface area contributed by atoms with E-state index < -0.39 is 0 Å². The number of aromatic nitrogens is 4. The minimum atomic E-state index is 1.04. The lowest BCUT2D eigenvalue weighted by Gasteiger charge is -1.81. The molecule has 0 amide bonds. The van der Waals surface area contributed by atoms with Crippen molar-refractivity contribution in [3.8, 4) is 0 Å². The van der Waals surface area contributed by atoms with Gasteiger partial charge in [-0.25, -0.2) is 0 Å². The van der Waals surface area contributed by atoms with Gasteiger partial charge >= 0.3 is 0 Å². The number of hydrogen-bond acceptors (Lipinski definition) is 1. The number of aryl methyl sites for hydroxylation is 1. The van der Waals surface area contributed by atoms with E-state index in [-0.39, 0.29) is 0 Å². The first-order chi connectivity index (χ1) is 2.88. The highest BCUT2D eigenvalue weighted by molar-refractivity contribution is 4.76. The van der Waals surface area contributed by atoms with Gasteiger partial charge in [-0.3, -0.25) is 0 Å². The zero-order chi connectivity index (χ0) is 4.15. The SMILES string of the molecule is Cc1nn2[nH]n12. The van der Waals surface area contributed by atoms with Crippen LogP contribution in [0.1, 0.15) is 5.82 Å². The summed E-state index contributed by atoms with van der Waals surface area (Å²) in [4.78, 5) is 0. The Hall–Kier alpha value is -0.930. The molecule has 32 valence electrons. The first-order valence-electron chi connectivity index (χ1n) is 1.79. The lowest BCUT2D eigenvalue weighted by Crippen LogP contribution is -1.96. The highest BCUT2D eigenvalue weighted by Gasteiger charge is 2.06. The van der Waals surface area contributed by atoms with E-state index in [1.54, 1.807) is 4.74 Å². The molecule has 0 aliphatic carbocycles. The second-order valence-electron chi connectivity index (χ2n) is 1.35. The summed E-state index contributed by atoms with van der Waals surface area (Å²) < 4.78 is 3.51. The Bertz CT molecular complexity index is 222. The van der Waals surface area contributed by atoms with Crippen LogP contribution in [0.25, 0.3) is 0 Å². The number of hydrogen-bond donors (Lipinski definition) is 1. The van der Waals surface area contributed by atoms with Gasteiger partial charge in [0.15, 0.2) is 5.82 Å². The minimum Gasteiger partial charge on any atom is -0.177 e. The van der Waals surface area contributed by atoms with E-state index in [0.29, 0.717) is 0 Å². The van der Waals surface area contributed by atoms with E-state index in [4.69, 9.17) is 0 Å². The van der Waals surface area contributed by atoms with Crippen LogP contribution in [0.15, 0.2) is 0 Å². The van der Waals surface area contributed by atoms with Gasteiger partial charge in [-0.2, -0.15) is 5.21 Å². The van der Waals surface area contributed by atoms with Gasteiger partial charge in [-0.05, 0) is 6.92 Å². The molecule has 4 heteroatoms. The van der Waals surface area contributed by atoms with E-state index in [1.807, 2.05) is 11.6 Å². The third-order valence-corrected chi connectivity index (χ3v) is 0.880. The molecule has 0 spiro atoms. The number of nitrogens with zero attached hydrogens (tertiary/aromatic N) is 3. The molecule has 0 radical (unpaired) electrons. The summed E-state index contributed by atoms with van der Waals surface area (Å²) in [5, 5.41) is 6.68. The molecule has 0 saturated carbocycles. The van der Waals surface area contributed by atoms with Gasteiger partial charge in [-0.15, -0.1) is 9.73 Å². The standard InChI is InChI=1S/C2H4N4/c1-2-3-6-4-5(2)6/h4H,1H3. The molecule has 0 aliphatic heterocycles. The van der Waals surface area contributed by atoms with Gasteiger partial charge in [0, 0.05) is 0 Å². The third kappa shape index (κ3) is 0.0770. The summed E-state index contributed by atoms with van der Waals surface area (Å²) in [6.07, 6.45) is 0. The maximum absolute atomic E-state index is 3.86. The maximum atomic E-state index is 3.86. The summed E-state index contributed by atoms with van der Waals surface area (Å²) in [6, 6.07) is 0. The third-order valence-electron chi connectivity index (χ3n) is 0.880. The molecule has 2 heterocycles. The van der Waals surface area contributed by atoms with Crippen molar-refractivity contribution in [2.45, 2.75) is 6.92 Å². The second-order valence-corrected chi connectivity index (χ2v) is 1.35. The van der Waals surface area contributed by atoms with Crippen molar-refractivity contribution in [2.24, 2.45) is 0 Å². The van der Waals surface area contributed by atoms with Crippen molar-refractivity contribution < 1.29 is 0 Å². The molecule has 0 aliphatic rings. The average molecular weight is 84.1 g/mol. The molecule has 0 fully saturated rings. The van der Waals surface area contributed by atoms with Crippen LogP contribution in [-0.4, -0.2) is 19.7 Å². The fourth-order valence-electron chi connectivity index (χ4n) is 0.483. The summed E-state index contributed by atoms with van der Waals surface area (Å²) in [7, 11) is 0. The van der Waals surface area contributed by atoms with Crippen LogP contribution in [0, 0.1) is 6.92 Å². The van der Waals surface area contributed by atoms with Crippen molar-refractivity contribution in [3.63, 3.8) is 0 Å². The quantitative estimate of drug-likeness (QED) is 0.459. The Morgan fingerprint density at radius 1 is 1.83 bits per heavy atom. The van der Waals surface area contributed by atoms with Crippen molar-refractivity contribution in [2.75, 3.05) is 0 Å². The molecular formula is C2H4N4. The van der Waals surface area contributed by atoms with Crippen LogP contribution in [0.5, 0.6) is 0 Å². The van der Waals surface area contributed by atoms with Gasteiger partial charge < -0.3 is 0 Å². The van der Waals surface area contributed by atoms with Crippen LogP contribution in [-0.2, 0) is 0 Å². The van der Waals surface area contributed by atoms with Gasteiger partial charge in [0.25, 0.3) is 0 Å². The number of rotatable bonds is 0. The summed E-state index contributed by atoms with van der Waals surface area (Å²) in [5.41, 5.74) is 0. The van der Waals surface area contributed by atoms with E-state index in [0.717, 1.165) is 5.82 Å². The average Bonchev–Trinajstić information content (AvgIpc) is 2.12. The highest BCUT2D eigenvalue weighted by Crippen LogP contribution is 1.92. The van der Waals surface area contributed by atoms with E-state index in [1.165, 1.54) is 0 Å². The molecule has 2 aromatic rings. The maximum Gasteiger partial charge on any atom is 0.173 e. The lowest BCUT2D eigenvalue weighted by molar-refractivity contribution is 0.709. The molecule has 0 saturated heterocycles. The lowest BCUT2D eigenvalue weighted by atomic mass is 10.7. The number of H-pyrrole nitrogens is 1. The first kappa shape index (κ1) is 2.28. The number of tetrazole rings is 1. The summed E-state index contributed by atoms with van der Waals surface area (Å²) in [6.45, 7) is 1.94. The van der Waals surface area contributed by atoms with Crippen molar-refractivity contribution in [1.82, 2.24) is 19.7 Å². The van der Waals surface area contributed by atoms with Crippen molar-refractivity contribution in [1.29, 1.82) is 0 Å². The molecule has 4 nitrogen and oxygen atoms in total. The molecule has 0 atom stereocenters. The number of aromatic amines is 1. The van der Waals surface area contributed by atoms with Crippen LogP contribution < -0.4 is 0 Å². The molecule has 2 rings (SSSR count).